The average molecular weight is 152 g/mol. The summed E-state index contributed by atoms with van der Waals surface area (Å²) in [7, 11) is 0. The summed E-state index contributed by atoms with van der Waals surface area (Å²) in [5.74, 6) is 0. The molecule has 0 unspecified atom stereocenters. The predicted octanol–water partition coefficient (Wildman–Crippen LogP) is 4.11. The highest BCUT2D eigenvalue weighted by atomic mass is 14.0. The van der Waals surface area contributed by atoms with Crippen LogP contribution in [0.4, 0.5) is 0 Å². The standard InChI is InChI=1S/C8H10.C2H6.CH4/c1-2-8-6-4-3-5-7-8;1-2;/h2-4,6H,1,5,7H2;1-2H3;1H4. The Morgan fingerprint density at radius 1 is 1.45 bits per heavy atom. The zero-order chi connectivity index (χ0) is 7.82. The second-order valence-corrected chi connectivity index (χ2v) is 1.91. The van der Waals surface area contributed by atoms with Gasteiger partial charge in [-0.25, -0.2) is 0 Å². The average Bonchev–Trinajstić information content (AvgIpc) is 2.10. The van der Waals surface area contributed by atoms with Crippen LogP contribution in [0, 0.1) is 0 Å². The summed E-state index contributed by atoms with van der Waals surface area (Å²) in [5, 5.41) is 0. The maximum absolute atomic E-state index is 3.68. The third kappa shape index (κ3) is 5.65. The largest absolute Gasteiger partial charge is 0.0988 e. The van der Waals surface area contributed by atoms with E-state index in [-0.39, 0.29) is 7.43 Å². The number of rotatable bonds is 1. The lowest BCUT2D eigenvalue weighted by Gasteiger charge is -2.00. The Bertz CT molecular complexity index is 138. The van der Waals surface area contributed by atoms with E-state index in [4.69, 9.17) is 0 Å². The Labute approximate surface area is 71.3 Å². The molecule has 0 saturated carbocycles. The normalized spacial score (nSPS) is 13.5. The fraction of sp³-hybridized carbons (Fsp3) is 0.455. The van der Waals surface area contributed by atoms with Crippen molar-refractivity contribution in [3.63, 3.8) is 0 Å². The maximum Gasteiger partial charge on any atom is -0.0244 e. The van der Waals surface area contributed by atoms with Gasteiger partial charge in [-0.1, -0.05) is 52.2 Å². The molecule has 0 amide bonds. The monoisotopic (exact) mass is 152 g/mol. The smallest absolute Gasteiger partial charge is 0.0244 e. The summed E-state index contributed by atoms with van der Waals surface area (Å²) in [4.78, 5) is 0. The summed E-state index contributed by atoms with van der Waals surface area (Å²) in [6.45, 7) is 7.68. The Morgan fingerprint density at radius 2 is 2.09 bits per heavy atom. The highest BCUT2D eigenvalue weighted by Crippen LogP contribution is 2.11. The molecule has 0 heterocycles. The van der Waals surface area contributed by atoms with Gasteiger partial charge in [0.05, 0.1) is 0 Å². The number of hydrogen-bond acceptors (Lipinski definition) is 0. The fourth-order valence-electron chi connectivity index (χ4n) is 0.791. The molecule has 0 aromatic rings. The topological polar surface area (TPSA) is 0 Å². The lowest BCUT2D eigenvalue weighted by Crippen LogP contribution is -1.80. The van der Waals surface area contributed by atoms with Crippen molar-refractivity contribution >= 4 is 0 Å². The van der Waals surface area contributed by atoms with Gasteiger partial charge in [0.15, 0.2) is 0 Å². The first-order valence-electron chi connectivity index (χ1n) is 3.91. The minimum Gasteiger partial charge on any atom is -0.0988 e. The molecule has 0 aliphatic heterocycles. The summed E-state index contributed by atoms with van der Waals surface area (Å²) < 4.78 is 0. The van der Waals surface area contributed by atoms with Crippen molar-refractivity contribution in [2.45, 2.75) is 34.1 Å². The molecule has 0 N–H and O–H groups in total. The minimum absolute atomic E-state index is 0. The van der Waals surface area contributed by atoms with Gasteiger partial charge in [-0.2, -0.15) is 0 Å². The molecule has 0 heteroatoms. The SMILES string of the molecule is C.C=CC1=CC=CCC1.CC. The lowest BCUT2D eigenvalue weighted by molar-refractivity contribution is 0.992. The molecule has 0 saturated heterocycles. The third-order valence-corrected chi connectivity index (χ3v) is 1.31. The van der Waals surface area contributed by atoms with Crippen LogP contribution in [-0.2, 0) is 0 Å². The van der Waals surface area contributed by atoms with Gasteiger partial charge in [0.25, 0.3) is 0 Å². The first-order chi connectivity index (χ1) is 4.93. The van der Waals surface area contributed by atoms with Crippen LogP contribution in [0.15, 0.2) is 36.5 Å². The van der Waals surface area contributed by atoms with Crippen molar-refractivity contribution in [3.05, 3.63) is 36.5 Å². The van der Waals surface area contributed by atoms with Crippen LogP contribution < -0.4 is 0 Å². The van der Waals surface area contributed by atoms with Crippen LogP contribution >= 0.6 is 0 Å². The van der Waals surface area contributed by atoms with Crippen LogP contribution in [0.3, 0.4) is 0 Å². The van der Waals surface area contributed by atoms with Crippen LogP contribution in [0.1, 0.15) is 34.1 Å². The van der Waals surface area contributed by atoms with Crippen molar-refractivity contribution in [2.24, 2.45) is 0 Å². The first kappa shape index (κ1) is 12.9. The van der Waals surface area contributed by atoms with Gasteiger partial charge in [-0.3, -0.25) is 0 Å². The lowest BCUT2D eigenvalue weighted by atomic mass is 10.1. The molecule has 0 aromatic heterocycles. The number of hydrogen-bond donors (Lipinski definition) is 0. The quantitative estimate of drug-likeness (QED) is 0.530. The van der Waals surface area contributed by atoms with E-state index in [9.17, 15) is 0 Å². The van der Waals surface area contributed by atoms with Gasteiger partial charge in [0, 0.05) is 0 Å². The predicted molar refractivity (Wildman–Crippen MR) is 54.7 cm³/mol. The van der Waals surface area contributed by atoms with E-state index in [0.29, 0.717) is 0 Å². The summed E-state index contributed by atoms with van der Waals surface area (Å²) in [6.07, 6.45) is 10.6. The third-order valence-electron chi connectivity index (χ3n) is 1.31. The van der Waals surface area contributed by atoms with Crippen LogP contribution in [0.2, 0.25) is 0 Å². The van der Waals surface area contributed by atoms with Gasteiger partial charge >= 0.3 is 0 Å². The van der Waals surface area contributed by atoms with E-state index >= 15 is 0 Å². The van der Waals surface area contributed by atoms with Crippen molar-refractivity contribution in [2.75, 3.05) is 0 Å². The van der Waals surface area contributed by atoms with Crippen molar-refractivity contribution < 1.29 is 0 Å². The molecular weight excluding hydrogens is 132 g/mol. The maximum atomic E-state index is 3.68. The second-order valence-electron chi connectivity index (χ2n) is 1.91. The Kier molecular flexibility index (Phi) is 10.8. The minimum atomic E-state index is 0. The molecule has 0 aromatic carbocycles. The van der Waals surface area contributed by atoms with Crippen LogP contribution in [0.5, 0.6) is 0 Å². The number of allylic oxidation sites excluding steroid dienone is 5. The van der Waals surface area contributed by atoms with Crippen molar-refractivity contribution in [3.8, 4) is 0 Å². The molecule has 0 nitrogen and oxygen atoms in total. The highest BCUT2D eigenvalue weighted by molar-refractivity contribution is 5.25. The van der Waals surface area contributed by atoms with Gasteiger partial charge in [-0.15, -0.1) is 0 Å². The van der Waals surface area contributed by atoms with Gasteiger partial charge < -0.3 is 0 Å². The Hall–Kier alpha value is -0.780. The summed E-state index contributed by atoms with van der Waals surface area (Å²) >= 11 is 0. The van der Waals surface area contributed by atoms with Crippen molar-refractivity contribution in [1.29, 1.82) is 0 Å². The molecule has 0 fully saturated rings. The van der Waals surface area contributed by atoms with E-state index in [2.05, 4.69) is 24.8 Å². The Balaban J connectivity index is 0. The molecule has 1 aliphatic rings. The molecule has 0 spiro atoms. The van der Waals surface area contributed by atoms with Crippen LogP contribution in [-0.4, -0.2) is 0 Å². The molecule has 0 radical (unpaired) electrons. The van der Waals surface area contributed by atoms with E-state index in [1.807, 2.05) is 19.9 Å². The highest BCUT2D eigenvalue weighted by Gasteiger charge is 1.91. The molecule has 1 rings (SSSR count). The summed E-state index contributed by atoms with van der Waals surface area (Å²) in [6, 6.07) is 0. The van der Waals surface area contributed by atoms with Crippen LogP contribution in [0.25, 0.3) is 0 Å². The Morgan fingerprint density at radius 3 is 2.36 bits per heavy atom. The molecule has 1 aliphatic carbocycles. The molecule has 0 bridgehead atoms. The van der Waals surface area contributed by atoms with Crippen molar-refractivity contribution in [1.82, 2.24) is 0 Å². The molecular formula is C11H20. The van der Waals surface area contributed by atoms with Gasteiger partial charge in [-0.05, 0) is 18.4 Å². The van der Waals surface area contributed by atoms with E-state index in [1.165, 1.54) is 18.4 Å². The van der Waals surface area contributed by atoms with E-state index < -0.39 is 0 Å². The van der Waals surface area contributed by atoms with E-state index in [1.54, 1.807) is 0 Å². The van der Waals surface area contributed by atoms with Gasteiger partial charge in [0.2, 0.25) is 0 Å². The second kappa shape index (κ2) is 9.22. The van der Waals surface area contributed by atoms with Gasteiger partial charge in [0.1, 0.15) is 0 Å². The fourth-order valence-corrected chi connectivity index (χ4v) is 0.791. The zero-order valence-corrected chi connectivity index (χ0v) is 6.93. The molecule has 64 valence electrons. The van der Waals surface area contributed by atoms with E-state index in [0.717, 1.165) is 0 Å². The summed E-state index contributed by atoms with van der Waals surface area (Å²) in [5.41, 5.74) is 1.35. The first-order valence-corrected chi connectivity index (χ1v) is 3.91. The zero-order valence-electron chi connectivity index (χ0n) is 6.93. The molecule has 0 atom stereocenters. The molecule has 11 heavy (non-hydrogen) atoms.